The normalized spacial score (nSPS) is 23.2. The molecule has 4 nitrogen and oxygen atoms in total. The van der Waals surface area contributed by atoms with Crippen LogP contribution in [0.25, 0.3) is 0 Å². The topological polar surface area (TPSA) is 50.5 Å². The van der Waals surface area contributed by atoms with E-state index < -0.39 is 0 Å². The van der Waals surface area contributed by atoms with Crippen LogP contribution in [0.5, 0.6) is 0 Å². The second-order valence-corrected chi connectivity index (χ2v) is 6.84. The van der Waals surface area contributed by atoms with E-state index in [9.17, 15) is 0 Å². The molecule has 0 saturated carbocycles. The maximum Gasteiger partial charge on any atom is 0.0594 e. The van der Waals surface area contributed by atoms with Gasteiger partial charge in [-0.1, -0.05) is 6.07 Å². The van der Waals surface area contributed by atoms with Crippen LogP contribution in [0.1, 0.15) is 37.4 Å². The first-order valence-electron chi connectivity index (χ1n) is 8.01. The Kier molecular flexibility index (Phi) is 4.20. The first-order chi connectivity index (χ1) is 10.1. The highest BCUT2D eigenvalue weighted by Gasteiger charge is 2.30. The summed E-state index contributed by atoms with van der Waals surface area (Å²) in [5, 5.41) is 3.77. The van der Waals surface area contributed by atoms with E-state index in [-0.39, 0.29) is 5.54 Å². The van der Waals surface area contributed by atoms with Gasteiger partial charge in [0, 0.05) is 36.9 Å². The Balaban J connectivity index is 1.61. The maximum absolute atomic E-state index is 5.88. The number of nitrogens with two attached hydrogens (primary N) is 1. The standard InChI is InChI=1S/C17H27N3O/c1-17(2,20-7-9-21-10-8-20)12-19-16-6-3-13-11-14(18)4-5-15(13)16/h4-5,11,16,19H,3,6-10,12,18H2,1-2H3. The molecule has 0 radical (unpaired) electrons. The fraction of sp³-hybridized carbons (Fsp3) is 0.647. The molecule has 1 aromatic rings. The third kappa shape index (κ3) is 3.23. The van der Waals surface area contributed by atoms with Crippen molar-refractivity contribution in [3.05, 3.63) is 29.3 Å². The molecule has 4 heteroatoms. The number of nitrogen functional groups attached to an aromatic ring is 1. The van der Waals surface area contributed by atoms with E-state index in [0.29, 0.717) is 6.04 Å². The first kappa shape index (κ1) is 14.8. The molecule has 0 bridgehead atoms. The van der Waals surface area contributed by atoms with Crippen molar-refractivity contribution >= 4 is 5.69 Å². The van der Waals surface area contributed by atoms with Crippen LogP contribution in [0.2, 0.25) is 0 Å². The van der Waals surface area contributed by atoms with Crippen LogP contribution in [-0.4, -0.2) is 43.3 Å². The summed E-state index contributed by atoms with van der Waals surface area (Å²) in [4.78, 5) is 2.53. The average Bonchev–Trinajstić information content (AvgIpc) is 2.88. The van der Waals surface area contributed by atoms with Gasteiger partial charge in [0.2, 0.25) is 0 Å². The van der Waals surface area contributed by atoms with Crippen LogP contribution in [0, 0.1) is 0 Å². The Morgan fingerprint density at radius 1 is 1.33 bits per heavy atom. The Bertz CT molecular complexity index is 495. The number of hydrogen-bond acceptors (Lipinski definition) is 4. The lowest BCUT2D eigenvalue weighted by Crippen LogP contribution is -2.54. The lowest BCUT2D eigenvalue weighted by Gasteiger charge is -2.41. The van der Waals surface area contributed by atoms with Crippen molar-refractivity contribution in [2.24, 2.45) is 0 Å². The molecule has 1 aromatic carbocycles. The van der Waals surface area contributed by atoms with Gasteiger partial charge in [-0.3, -0.25) is 4.90 Å². The molecule has 3 N–H and O–H groups in total. The lowest BCUT2D eigenvalue weighted by atomic mass is 10.0. The number of fused-ring (bicyclic) bond motifs is 1. The molecule has 0 aromatic heterocycles. The molecule has 21 heavy (non-hydrogen) atoms. The first-order valence-corrected chi connectivity index (χ1v) is 8.01. The van der Waals surface area contributed by atoms with Gasteiger partial charge < -0.3 is 15.8 Å². The molecule has 1 fully saturated rings. The van der Waals surface area contributed by atoms with Crippen LogP contribution < -0.4 is 11.1 Å². The van der Waals surface area contributed by atoms with E-state index in [2.05, 4.69) is 36.2 Å². The number of nitrogens with zero attached hydrogens (tertiary/aromatic N) is 1. The zero-order valence-electron chi connectivity index (χ0n) is 13.2. The molecule has 1 saturated heterocycles. The Labute approximate surface area is 127 Å². The van der Waals surface area contributed by atoms with E-state index in [4.69, 9.17) is 10.5 Å². The minimum absolute atomic E-state index is 0.167. The van der Waals surface area contributed by atoms with E-state index in [1.165, 1.54) is 17.5 Å². The van der Waals surface area contributed by atoms with Crippen LogP contribution in [0.4, 0.5) is 5.69 Å². The molecule has 1 aliphatic heterocycles. The molecule has 3 rings (SSSR count). The molecule has 1 aliphatic carbocycles. The molecule has 0 spiro atoms. The zero-order valence-corrected chi connectivity index (χ0v) is 13.2. The highest BCUT2D eigenvalue weighted by molar-refractivity contribution is 5.47. The quantitative estimate of drug-likeness (QED) is 0.832. The van der Waals surface area contributed by atoms with E-state index in [0.717, 1.165) is 45.0 Å². The highest BCUT2D eigenvalue weighted by atomic mass is 16.5. The summed E-state index contributed by atoms with van der Waals surface area (Å²) in [7, 11) is 0. The summed E-state index contributed by atoms with van der Waals surface area (Å²) in [6, 6.07) is 6.81. The predicted octanol–water partition coefficient (Wildman–Crippen LogP) is 1.96. The Morgan fingerprint density at radius 3 is 2.86 bits per heavy atom. The number of anilines is 1. The zero-order chi connectivity index (χ0) is 14.9. The van der Waals surface area contributed by atoms with Crippen molar-refractivity contribution in [2.45, 2.75) is 38.3 Å². The smallest absolute Gasteiger partial charge is 0.0594 e. The van der Waals surface area contributed by atoms with Crippen molar-refractivity contribution in [1.82, 2.24) is 10.2 Å². The summed E-state index contributed by atoms with van der Waals surface area (Å²) in [5.74, 6) is 0. The molecule has 2 aliphatic rings. The molecule has 116 valence electrons. The molecular weight excluding hydrogens is 262 g/mol. The third-order valence-electron chi connectivity index (χ3n) is 4.89. The van der Waals surface area contributed by atoms with Gasteiger partial charge in [-0.2, -0.15) is 0 Å². The van der Waals surface area contributed by atoms with Gasteiger partial charge in [-0.15, -0.1) is 0 Å². The second kappa shape index (κ2) is 5.95. The summed E-state index contributed by atoms with van der Waals surface area (Å²) in [5.41, 5.74) is 9.77. The summed E-state index contributed by atoms with van der Waals surface area (Å²) in [6.07, 6.45) is 2.31. The molecular formula is C17H27N3O. The van der Waals surface area contributed by atoms with Gasteiger partial charge in [-0.05, 0) is 49.9 Å². The maximum atomic E-state index is 5.88. The Morgan fingerprint density at radius 2 is 2.10 bits per heavy atom. The van der Waals surface area contributed by atoms with Gasteiger partial charge in [0.15, 0.2) is 0 Å². The van der Waals surface area contributed by atoms with Crippen LogP contribution in [-0.2, 0) is 11.2 Å². The van der Waals surface area contributed by atoms with Crippen LogP contribution >= 0.6 is 0 Å². The van der Waals surface area contributed by atoms with Crippen molar-refractivity contribution < 1.29 is 4.74 Å². The average molecular weight is 289 g/mol. The molecule has 0 amide bonds. The largest absolute Gasteiger partial charge is 0.399 e. The fourth-order valence-corrected chi connectivity index (χ4v) is 3.50. The number of ether oxygens (including phenoxy) is 1. The van der Waals surface area contributed by atoms with Gasteiger partial charge in [0.1, 0.15) is 0 Å². The van der Waals surface area contributed by atoms with Gasteiger partial charge in [-0.25, -0.2) is 0 Å². The van der Waals surface area contributed by atoms with Crippen molar-refractivity contribution in [3.8, 4) is 0 Å². The number of morpholine rings is 1. The van der Waals surface area contributed by atoms with Crippen molar-refractivity contribution in [2.75, 3.05) is 38.6 Å². The van der Waals surface area contributed by atoms with Crippen LogP contribution in [0.15, 0.2) is 18.2 Å². The monoisotopic (exact) mass is 289 g/mol. The van der Waals surface area contributed by atoms with Crippen molar-refractivity contribution in [1.29, 1.82) is 0 Å². The summed E-state index contributed by atoms with van der Waals surface area (Å²) in [6.45, 7) is 9.43. The van der Waals surface area contributed by atoms with E-state index in [1.54, 1.807) is 0 Å². The minimum atomic E-state index is 0.167. The number of nitrogens with one attached hydrogen (secondary N) is 1. The summed E-state index contributed by atoms with van der Waals surface area (Å²) >= 11 is 0. The SMILES string of the molecule is CC(C)(CNC1CCc2cc(N)ccc21)N1CCOCC1. The van der Waals surface area contributed by atoms with E-state index in [1.807, 2.05) is 6.07 Å². The molecule has 1 unspecified atom stereocenters. The second-order valence-electron chi connectivity index (χ2n) is 6.84. The number of hydrogen-bond donors (Lipinski definition) is 2. The third-order valence-corrected chi connectivity index (χ3v) is 4.89. The Hall–Kier alpha value is -1.10. The predicted molar refractivity (Wildman–Crippen MR) is 86.4 cm³/mol. The van der Waals surface area contributed by atoms with Crippen LogP contribution in [0.3, 0.4) is 0 Å². The lowest BCUT2D eigenvalue weighted by molar-refractivity contribution is -0.0103. The summed E-state index contributed by atoms with van der Waals surface area (Å²) < 4.78 is 5.46. The van der Waals surface area contributed by atoms with Gasteiger partial charge in [0.25, 0.3) is 0 Å². The van der Waals surface area contributed by atoms with E-state index >= 15 is 0 Å². The molecule has 1 atom stereocenters. The van der Waals surface area contributed by atoms with Gasteiger partial charge >= 0.3 is 0 Å². The minimum Gasteiger partial charge on any atom is -0.399 e. The fourth-order valence-electron chi connectivity index (χ4n) is 3.50. The highest BCUT2D eigenvalue weighted by Crippen LogP contribution is 2.32. The van der Waals surface area contributed by atoms with Gasteiger partial charge in [0.05, 0.1) is 13.2 Å². The number of aryl methyl sites for hydroxylation is 1. The van der Waals surface area contributed by atoms with Crippen molar-refractivity contribution in [3.63, 3.8) is 0 Å². The molecule has 1 heterocycles. The number of benzene rings is 1. The number of rotatable bonds is 4.